The maximum atomic E-state index is 5.54. The van der Waals surface area contributed by atoms with Crippen molar-refractivity contribution < 1.29 is 9.47 Å². The molecule has 0 bridgehead atoms. The highest BCUT2D eigenvalue weighted by Crippen LogP contribution is 2.28. The summed E-state index contributed by atoms with van der Waals surface area (Å²) in [6.07, 6.45) is 2.50. The first-order chi connectivity index (χ1) is 13.8. The predicted molar refractivity (Wildman–Crippen MR) is 109 cm³/mol. The van der Waals surface area contributed by atoms with Crippen molar-refractivity contribution >= 4 is 27.9 Å². The third kappa shape index (κ3) is 3.43. The SMILES string of the molecule is COc1ncnc2ccc(N3CCN(Cc4nc5c(s4)COCC5)CC3)cc12. The predicted octanol–water partition coefficient (Wildman–Crippen LogP) is 2.49. The van der Waals surface area contributed by atoms with Gasteiger partial charge in [-0.15, -0.1) is 11.3 Å². The van der Waals surface area contributed by atoms with E-state index >= 15 is 0 Å². The lowest BCUT2D eigenvalue weighted by atomic mass is 10.2. The van der Waals surface area contributed by atoms with Crippen molar-refractivity contribution in [1.29, 1.82) is 0 Å². The first-order valence-electron chi connectivity index (χ1n) is 9.61. The van der Waals surface area contributed by atoms with E-state index in [-0.39, 0.29) is 0 Å². The number of aromatic nitrogens is 3. The first kappa shape index (κ1) is 17.8. The van der Waals surface area contributed by atoms with E-state index in [1.807, 2.05) is 17.4 Å². The van der Waals surface area contributed by atoms with Crippen LogP contribution < -0.4 is 9.64 Å². The lowest BCUT2D eigenvalue weighted by Gasteiger charge is -2.35. The van der Waals surface area contributed by atoms with Gasteiger partial charge in [-0.25, -0.2) is 15.0 Å². The summed E-state index contributed by atoms with van der Waals surface area (Å²) in [6, 6.07) is 6.32. The molecule has 2 aromatic heterocycles. The molecule has 2 aliphatic heterocycles. The number of fused-ring (bicyclic) bond motifs is 2. The van der Waals surface area contributed by atoms with E-state index in [4.69, 9.17) is 14.5 Å². The lowest BCUT2D eigenvalue weighted by molar-refractivity contribution is 0.112. The summed E-state index contributed by atoms with van der Waals surface area (Å²) in [5.41, 5.74) is 3.35. The number of hydrogen-bond acceptors (Lipinski definition) is 8. The van der Waals surface area contributed by atoms with Gasteiger partial charge in [0.05, 0.1) is 48.3 Å². The average molecular weight is 398 g/mol. The fourth-order valence-corrected chi connectivity index (χ4v) is 4.98. The van der Waals surface area contributed by atoms with E-state index in [9.17, 15) is 0 Å². The number of benzene rings is 1. The number of nitrogens with zero attached hydrogens (tertiary/aromatic N) is 5. The Kier molecular flexibility index (Phi) is 4.84. The van der Waals surface area contributed by atoms with E-state index in [2.05, 4.69) is 31.9 Å². The van der Waals surface area contributed by atoms with E-state index in [1.165, 1.54) is 21.3 Å². The maximum absolute atomic E-state index is 5.54. The van der Waals surface area contributed by atoms with Crippen LogP contribution in [-0.4, -0.2) is 59.7 Å². The standard InChI is InChI=1S/C20H23N5O2S/c1-26-20-15-10-14(2-3-16(15)21-13-22-20)25-7-5-24(6-8-25)11-19-23-17-4-9-27-12-18(17)28-19/h2-3,10,13H,4-9,11-12H2,1H3. The fraction of sp³-hybridized carbons (Fsp3) is 0.450. The van der Waals surface area contributed by atoms with Crippen LogP contribution in [0.3, 0.4) is 0 Å². The third-order valence-electron chi connectivity index (χ3n) is 5.41. The van der Waals surface area contributed by atoms with Crippen LogP contribution in [0.25, 0.3) is 10.9 Å². The molecule has 4 heterocycles. The second kappa shape index (κ2) is 7.62. The van der Waals surface area contributed by atoms with Gasteiger partial charge in [-0.1, -0.05) is 0 Å². The second-order valence-corrected chi connectivity index (χ2v) is 8.30. The molecule has 28 heavy (non-hydrogen) atoms. The van der Waals surface area contributed by atoms with Gasteiger partial charge in [-0.05, 0) is 18.2 Å². The first-order valence-corrected chi connectivity index (χ1v) is 10.4. The summed E-state index contributed by atoms with van der Waals surface area (Å²) in [5, 5.41) is 2.18. The van der Waals surface area contributed by atoms with Crippen molar-refractivity contribution in [1.82, 2.24) is 19.9 Å². The van der Waals surface area contributed by atoms with Gasteiger partial charge in [0.15, 0.2) is 0 Å². The molecule has 2 aliphatic rings. The van der Waals surface area contributed by atoms with Gasteiger partial charge in [0.25, 0.3) is 0 Å². The van der Waals surface area contributed by atoms with Gasteiger partial charge in [0, 0.05) is 38.3 Å². The molecule has 0 N–H and O–H groups in total. The monoisotopic (exact) mass is 397 g/mol. The molecule has 0 saturated carbocycles. The van der Waals surface area contributed by atoms with Crippen molar-refractivity contribution in [2.75, 3.05) is 44.8 Å². The Balaban J connectivity index is 1.25. The highest BCUT2D eigenvalue weighted by Gasteiger charge is 2.21. The quantitative estimate of drug-likeness (QED) is 0.670. The van der Waals surface area contributed by atoms with Gasteiger partial charge in [-0.2, -0.15) is 0 Å². The van der Waals surface area contributed by atoms with Gasteiger partial charge in [0.1, 0.15) is 11.3 Å². The maximum Gasteiger partial charge on any atom is 0.224 e. The van der Waals surface area contributed by atoms with Crippen LogP contribution in [0.5, 0.6) is 5.88 Å². The Labute approximate surface area is 167 Å². The molecule has 0 radical (unpaired) electrons. The second-order valence-electron chi connectivity index (χ2n) is 7.13. The Morgan fingerprint density at radius 1 is 1.18 bits per heavy atom. The summed E-state index contributed by atoms with van der Waals surface area (Å²) in [5.74, 6) is 0.627. The van der Waals surface area contributed by atoms with E-state index < -0.39 is 0 Å². The van der Waals surface area contributed by atoms with Crippen molar-refractivity contribution in [3.8, 4) is 5.88 Å². The Bertz CT molecular complexity index is 960. The molecule has 7 nitrogen and oxygen atoms in total. The van der Waals surface area contributed by atoms with Crippen molar-refractivity contribution in [2.45, 2.75) is 19.6 Å². The molecule has 0 atom stereocenters. The molecule has 1 aromatic carbocycles. The van der Waals surface area contributed by atoms with E-state index in [0.29, 0.717) is 5.88 Å². The van der Waals surface area contributed by atoms with E-state index in [1.54, 1.807) is 13.4 Å². The number of rotatable bonds is 4. The highest BCUT2D eigenvalue weighted by molar-refractivity contribution is 7.11. The molecule has 146 valence electrons. The number of anilines is 1. The number of methoxy groups -OCH3 is 1. The molecule has 5 rings (SSSR count). The number of piperazine rings is 1. The molecular formula is C20H23N5O2S. The summed E-state index contributed by atoms with van der Waals surface area (Å²) < 4.78 is 10.9. The van der Waals surface area contributed by atoms with Gasteiger partial charge < -0.3 is 14.4 Å². The zero-order chi connectivity index (χ0) is 18.9. The molecule has 1 fully saturated rings. The summed E-state index contributed by atoms with van der Waals surface area (Å²) in [4.78, 5) is 19.6. The van der Waals surface area contributed by atoms with Crippen molar-refractivity contribution in [3.05, 3.63) is 40.1 Å². The van der Waals surface area contributed by atoms with Crippen molar-refractivity contribution in [2.24, 2.45) is 0 Å². The molecule has 0 unspecified atom stereocenters. The minimum absolute atomic E-state index is 0.627. The van der Waals surface area contributed by atoms with Crippen LogP contribution in [0.2, 0.25) is 0 Å². The van der Waals surface area contributed by atoms with Crippen LogP contribution in [0.15, 0.2) is 24.5 Å². The molecule has 1 saturated heterocycles. The zero-order valence-corrected chi connectivity index (χ0v) is 16.7. The molecule has 8 heteroatoms. The summed E-state index contributed by atoms with van der Waals surface area (Å²) >= 11 is 1.81. The van der Waals surface area contributed by atoms with Crippen LogP contribution in [0, 0.1) is 0 Å². The fourth-order valence-electron chi connectivity index (χ4n) is 3.88. The van der Waals surface area contributed by atoms with Crippen LogP contribution in [-0.2, 0) is 24.3 Å². The van der Waals surface area contributed by atoms with Crippen LogP contribution >= 0.6 is 11.3 Å². The van der Waals surface area contributed by atoms with Crippen molar-refractivity contribution in [3.63, 3.8) is 0 Å². The Morgan fingerprint density at radius 2 is 2.07 bits per heavy atom. The van der Waals surface area contributed by atoms with E-state index in [0.717, 1.165) is 63.3 Å². The number of hydrogen-bond donors (Lipinski definition) is 0. The molecule has 0 spiro atoms. The smallest absolute Gasteiger partial charge is 0.224 e. The molecule has 0 aliphatic carbocycles. The normalized spacial score (nSPS) is 17.7. The number of ether oxygens (including phenoxy) is 2. The minimum atomic E-state index is 0.627. The summed E-state index contributed by atoms with van der Waals surface area (Å²) in [7, 11) is 1.65. The summed E-state index contributed by atoms with van der Waals surface area (Å²) in [6.45, 7) is 6.52. The minimum Gasteiger partial charge on any atom is -0.480 e. The van der Waals surface area contributed by atoms with Crippen LogP contribution in [0.1, 0.15) is 15.6 Å². The van der Waals surface area contributed by atoms with Gasteiger partial charge >= 0.3 is 0 Å². The highest BCUT2D eigenvalue weighted by atomic mass is 32.1. The van der Waals surface area contributed by atoms with Crippen LogP contribution in [0.4, 0.5) is 5.69 Å². The number of thiazole rings is 1. The van der Waals surface area contributed by atoms with Gasteiger partial charge in [-0.3, -0.25) is 4.90 Å². The Hall–Kier alpha value is -2.29. The largest absolute Gasteiger partial charge is 0.480 e. The lowest BCUT2D eigenvalue weighted by Crippen LogP contribution is -2.45. The molecule has 3 aromatic rings. The Morgan fingerprint density at radius 3 is 2.89 bits per heavy atom. The van der Waals surface area contributed by atoms with Gasteiger partial charge in [0.2, 0.25) is 5.88 Å². The molecule has 0 amide bonds. The third-order valence-corrected chi connectivity index (χ3v) is 6.47. The zero-order valence-electron chi connectivity index (χ0n) is 15.9. The average Bonchev–Trinajstić information content (AvgIpc) is 3.16. The topological polar surface area (TPSA) is 63.6 Å². The molecular weight excluding hydrogens is 374 g/mol.